The number of nitrogens with zero attached hydrogens (tertiary/aromatic N) is 1. The molecular weight excluding hydrogens is 506 g/mol. The standard InChI is InChI=1S/C28H35N3O8/c1-5-15(2)24-28(37)38-17(4)21(31-26(35)22-20(32)12-9-13-29-22)25(34)30-19(14-18-10-7-6-8-11-18)23(33)16(3)27(36)39-24/h6-13,15-17,19,21,23-24,32-33H,5,14H2,1-4H3,(H,30,34)(H,31,35). The number of ether oxygens (including phenoxy) is 2. The SMILES string of the molecule is CCC(C)C1OC(=O)C(C)C(O)C(Cc2ccccc2)NC(=O)C(NC(=O)c2ncccc2O)C(C)OC1=O. The Morgan fingerprint density at radius 3 is 2.41 bits per heavy atom. The van der Waals surface area contributed by atoms with Gasteiger partial charge in [-0.1, -0.05) is 44.2 Å². The summed E-state index contributed by atoms with van der Waals surface area (Å²) in [6.45, 7) is 6.39. The number of hydrogen-bond acceptors (Lipinski definition) is 9. The molecule has 2 heterocycles. The first-order chi connectivity index (χ1) is 18.5. The van der Waals surface area contributed by atoms with Crippen LogP contribution >= 0.6 is 0 Å². The lowest BCUT2D eigenvalue weighted by atomic mass is 9.92. The maximum atomic E-state index is 13.6. The van der Waals surface area contributed by atoms with Gasteiger partial charge >= 0.3 is 11.9 Å². The maximum absolute atomic E-state index is 13.6. The van der Waals surface area contributed by atoms with Crippen molar-refractivity contribution in [2.75, 3.05) is 0 Å². The molecule has 2 amide bonds. The maximum Gasteiger partial charge on any atom is 0.348 e. The Kier molecular flexibility index (Phi) is 10.00. The summed E-state index contributed by atoms with van der Waals surface area (Å²) >= 11 is 0. The molecule has 11 nitrogen and oxygen atoms in total. The molecule has 2 aromatic rings. The summed E-state index contributed by atoms with van der Waals surface area (Å²) in [6, 6.07) is 9.36. The summed E-state index contributed by atoms with van der Waals surface area (Å²) in [4.78, 5) is 56.5. The Balaban J connectivity index is 2.00. The van der Waals surface area contributed by atoms with Crippen LogP contribution in [0.3, 0.4) is 0 Å². The van der Waals surface area contributed by atoms with E-state index >= 15 is 0 Å². The molecule has 1 aliphatic rings. The Morgan fingerprint density at radius 1 is 1.08 bits per heavy atom. The molecule has 0 saturated carbocycles. The van der Waals surface area contributed by atoms with Gasteiger partial charge in [-0.3, -0.25) is 14.4 Å². The third kappa shape index (κ3) is 7.32. The lowest BCUT2D eigenvalue weighted by Gasteiger charge is -2.34. The van der Waals surface area contributed by atoms with Crippen molar-refractivity contribution >= 4 is 23.8 Å². The van der Waals surface area contributed by atoms with Crippen LogP contribution in [-0.2, 0) is 30.3 Å². The van der Waals surface area contributed by atoms with Crippen molar-refractivity contribution in [3.05, 3.63) is 59.9 Å². The summed E-state index contributed by atoms with van der Waals surface area (Å²) in [5, 5.41) is 26.5. The van der Waals surface area contributed by atoms with E-state index in [2.05, 4.69) is 15.6 Å². The molecule has 11 heteroatoms. The second-order valence-electron chi connectivity index (χ2n) is 9.79. The monoisotopic (exact) mass is 541 g/mol. The number of pyridine rings is 1. The molecule has 1 fully saturated rings. The van der Waals surface area contributed by atoms with Crippen molar-refractivity contribution < 1.29 is 38.9 Å². The lowest BCUT2D eigenvalue weighted by molar-refractivity contribution is -0.180. The highest BCUT2D eigenvalue weighted by Gasteiger charge is 2.41. The number of aromatic hydroxyl groups is 1. The fourth-order valence-electron chi connectivity index (χ4n) is 4.22. The van der Waals surface area contributed by atoms with Crippen molar-refractivity contribution in [2.45, 2.75) is 70.9 Å². The highest BCUT2D eigenvalue weighted by atomic mass is 16.6. The number of rotatable bonds is 6. The molecule has 7 atom stereocenters. The van der Waals surface area contributed by atoms with Crippen LogP contribution in [0.5, 0.6) is 5.75 Å². The number of benzene rings is 1. The zero-order valence-corrected chi connectivity index (χ0v) is 22.4. The van der Waals surface area contributed by atoms with Gasteiger partial charge in [0.1, 0.15) is 17.9 Å². The molecular formula is C28H35N3O8. The minimum absolute atomic E-state index is 0.163. The van der Waals surface area contributed by atoms with Crippen molar-refractivity contribution in [1.82, 2.24) is 15.6 Å². The topological polar surface area (TPSA) is 164 Å². The van der Waals surface area contributed by atoms with E-state index < -0.39 is 71.7 Å². The highest BCUT2D eigenvalue weighted by molar-refractivity contribution is 5.98. The number of hydrogen-bond donors (Lipinski definition) is 4. The van der Waals surface area contributed by atoms with Crippen LogP contribution in [0.15, 0.2) is 48.7 Å². The van der Waals surface area contributed by atoms with Gasteiger partial charge in [-0.05, 0) is 44.4 Å². The minimum Gasteiger partial charge on any atom is -0.505 e. The van der Waals surface area contributed by atoms with Crippen LogP contribution in [0.25, 0.3) is 0 Å². The van der Waals surface area contributed by atoms with Crippen molar-refractivity contribution in [3.63, 3.8) is 0 Å². The van der Waals surface area contributed by atoms with E-state index in [9.17, 15) is 29.4 Å². The zero-order valence-electron chi connectivity index (χ0n) is 22.4. The highest BCUT2D eigenvalue weighted by Crippen LogP contribution is 2.22. The summed E-state index contributed by atoms with van der Waals surface area (Å²) in [7, 11) is 0. The smallest absolute Gasteiger partial charge is 0.348 e. The first kappa shape index (κ1) is 29.6. The van der Waals surface area contributed by atoms with Gasteiger partial charge in [0.25, 0.3) is 5.91 Å². The Hall–Kier alpha value is -3.99. The molecule has 7 unspecified atom stereocenters. The van der Waals surface area contributed by atoms with E-state index in [0.29, 0.717) is 6.42 Å². The fraction of sp³-hybridized carbons (Fsp3) is 0.464. The number of cyclic esters (lactones) is 2. The third-order valence-corrected chi connectivity index (χ3v) is 6.90. The van der Waals surface area contributed by atoms with Gasteiger partial charge in [0.15, 0.2) is 5.69 Å². The Morgan fingerprint density at radius 2 is 1.77 bits per heavy atom. The molecule has 3 rings (SSSR count). The number of carbonyl (C=O) groups excluding carboxylic acids is 4. The van der Waals surface area contributed by atoms with Crippen LogP contribution in [0.4, 0.5) is 0 Å². The van der Waals surface area contributed by atoms with Crippen molar-refractivity contribution in [2.24, 2.45) is 11.8 Å². The predicted molar refractivity (Wildman–Crippen MR) is 139 cm³/mol. The number of amides is 2. The van der Waals surface area contributed by atoms with Gasteiger partial charge in [-0.2, -0.15) is 0 Å². The van der Waals surface area contributed by atoms with Crippen LogP contribution in [0, 0.1) is 11.8 Å². The molecule has 0 bridgehead atoms. The van der Waals surface area contributed by atoms with Gasteiger partial charge in [-0.15, -0.1) is 0 Å². The number of carbonyl (C=O) groups is 4. The van der Waals surface area contributed by atoms with E-state index in [-0.39, 0.29) is 12.1 Å². The second-order valence-corrected chi connectivity index (χ2v) is 9.79. The summed E-state index contributed by atoms with van der Waals surface area (Å²) < 4.78 is 11.1. The fourth-order valence-corrected chi connectivity index (χ4v) is 4.22. The van der Waals surface area contributed by atoms with Gasteiger partial charge in [0, 0.05) is 12.1 Å². The van der Waals surface area contributed by atoms with Gasteiger partial charge < -0.3 is 30.3 Å². The number of aromatic nitrogens is 1. The normalized spacial score (nSPS) is 27.2. The molecule has 0 aliphatic carbocycles. The quantitative estimate of drug-likeness (QED) is 0.397. The number of esters is 2. The molecule has 1 saturated heterocycles. The van der Waals surface area contributed by atoms with Crippen LogP contribution in [0.2, 0.25) is 0 Å². The minimum atomic E-state index is -1.43. The summed E-state index contributed by atoms with van der Waals surface area (Å²) in [5.41, 5.74) is 0.460. The molecule has 39 heavy (non-hydrogen) atoms. The predicted octanol–water partition coefficient (Wildman–Crippen LogP) is 1.51. The molecule has 1 aliphatic heterocycles. The van der Waals surface area contributed by atoms with Gasteiger partial charge in [0.05, 0.1) is 18.1 Å². The Bertz CT molecular complexity index is 1170. The van der Waals surface area contributed by atoms with E-state index in [1.807, 2.05) is 25.1 Å². The first-order valence-electron chi connectivity index (χ1n) is 12.9. The average Bonchev–Trinajstić information content (AvgIpc) is 2.92. The van der Waals surface area contributed by atoms with E-state index in [4.69, 9.17) is 9.47 Å². The second kappa shape index (κ2) is 13.2. The molecule has 1 aromatic carbocycles. The van der Waals surface area contributed by atoms with E-state index in [0.717, 1.165) is 5.56 Å². The molecule has 0 spiro atoms. The van der Waals surface area contributed by atoms with Gasteiger partial charge in [0.2, 0.25) is 12.0 Å². The van der Waals surface area contributed by atoms with Crippen LogP contribution in [0.1, 0.15) is 50.2 Å². The van der Waals surface area contributed by atoms with E-state index in [1.165, 1.54) is 32.2 Å². The van der Waals surface area contributed by atoms with Crippen LogP contribution < -0.4 is 10.6 Å². The van der Waals surface area contributed by atoms with Gasteiger partial charge in [-0.25, -0.2) is 9.78 Å². The number of aliphatic hydroxyl groups excluding tert-OH is 1. The summed E-state index contributed by atoms with van der Waals surface area (Å²) in [5.74, 6) is -5.26. The molecule has 0 radical (unpaired) electrons. The lowest BCUT2D eigenvalue weighted by Crippen LogP contribution is -2.59. The summed E-state index contributed by atoms with van der Waals surface area (Å²) in [6.07, 6.45) is -1.95. The largest absolute Gasteiger partial charge is 0.505 e. The zero-order chi connectivity index (χ0) is 28.7. The van der Waals surface area contributed by atoms with Crippen molar-refractivity contribution in [3.8, 4) is 5.75 Å². The van der Waals surface area contributed by atoms with Crippen molar-refractivity contribution in [1.29, 1.82) is 0 Å². The third-order valence-electron chi connectivity index (χ3n) is 6.90. The van der Waals surface area contributed by atoms with Crippen LogP contribution in [-0.4, -0.2) is 69.3 Å². The number of aliphatic hydroxyl groups is 1. The average molecular weight is 542 g/mol. The Labute approximate surface area is 226 Å². The number of nitrogens with one attached hydrogen (secondary N) is 2. The molecule has 4 N–H and O–H groups in total. The molecule has 1 aromatic heterocycles. The first-order valence-corrected chi connectivity index (χ1v) is 12.9. The van der Waals surface area contributed by atoms with E-state index in [1.54, 1.807) is 19.1 Å². The molecule has 210 valence electrons.